The number of carbonyl (C=O) groups excluding carboxylic acids is 2. The molecule has 0 bridgehead atoms. The molecule has 3 amide bonds. The van der Waals surface area contributed by atoms with Crippen LogP contribution >= 0.6 is 22.9 Å². The van der Waals surface area contributed by atoms with Gasteiger partial charge in [-0.2, -0.15) is 0 Å². The molecule has 1 fully saturated rings. The van der Waals surface area contributed by atoms with E-state index in [1.807, 2.05) is 42.3 Å². The molecule has 1 aromatic heterocycles. The fourth-order valence-corrected chi connectivity index (χ4v) is 3.79. The molecule has 3 rings (SSSR count). The number of halogens is 1. The average Bonchev–Trinajstić information content (AvgIpc) is 3.03. The van der Waals surface area contributed by atoms with Gasteiger partial charge in [-0.3, -0.25) is 4.79 Å². The van der Waals surface area contributed by atoms with Crippen molar-refractivity contribution in [1.29, 1.82) is 0 Å². The molecular weight excluding hydrogens is 358 g/mol. The molecule has 0 aliphatic carbocycles. The van der Waals surface area contributed by atoms with Crippen LogP contribution in [-0.2, 0) is 0 Å². The summed E-state index contributed by atoms with van der Waals surface area (Å²) >= 11 is 7.56. The van der Waals surface area contributed by atoms with E-state index in [2.05, 4.69) is 5.32 Å². The van der Waals surface area contributed by atoms with Crippen molar-refractivity contribution in [2.24, 2.45) is 0 Å². The lowest BCUT2D eigenvalue weighted by Gasteiger charge is -2.34. The van der Waals surface area contributed by atoms with Crippen LogP contribution in [0, 0.1) is 13.8 Å². The van der Waals surface area contributed by atoms with E-state index in [4.69, 9.17) is 11.6 Å². The van der Waals surface area contributed by atoms with Gasteiger partial charge in [0.15, 0.2) is 0 Å². The van der Waals surface area contributed by atoms with Crippen molar-refractivity contribution in [2.75, 3.05) is 31.5 Å². The number of rotatable bonds is 2. The highest BCUT2D eigenvalue weighted by molar-refractivity contribution is 7.12. The maximum atomic E-state index is 12.5. The van der Waals surface area contributed by atoms with Crippen LogP contribution in [0.2, 0.25) is 5.02 Å². The van der Waals surface area contributed by atoms with Crippen molar-refractivity contribution in [3.8, 4) is 0 Å². The molecule has 1 saturated heterocycles. The summed E-state index contributed by atoms with van der Waals surface area (Å²) in [5.74, 6) is 0.0536. The highest BCUT2D eigenvalue weighted by Gasteiger charge is 2.26. The van der Waals surface area contributed by atoms with E-state index >= 15 is 0 Å². The number of aryl methyl sites for hydroxylation is 2. The summed E-state index contributed by atoms with van der Waals surface area (Å²) in [5.41, 5.74) is 2.65. The lowest BCUT2D eigenvalue weighted by Crippen LogP contribution is -2.51. The molecule has 0 unspecified atom stereocenters. The zero-order valence-electron chi connectivity index (χ0n) is 14.2. The molecule has 0 spiro atoms. The second kappa shape index (κ2) is 7.45. The van der Waals surface area contributed by atoms with Crippen LogP contribution in [0.4, 0.5) is 10.5 Å². The number of nitrogens with one attached hydrogen (secondary N) is 1. The topological polar surface area (TPSA) is 52.7 Å². The van der Waals surface area contributed by atoms with Gasteiger partial charge >= 0.3 is 6.03 Å². The van der Waals surface area contributed by atoms with Gasteiger partial charge in [-0.15, -0.1) is 11.3 Å². The zero-order chi connectivity index (χ0) is 18.0. The summed E-state index contributed by atoms with van der Waals surface area (Å²) in [6, 6.07) is 7.23. The van der Waals surface area contributed by atoms with Crippen LogP contribution in [0.5, 0.6) is 0 Å². The largest absolute Gasteiger partial charge is 0.334 e. The standard InChI is InChI=1S/C18H20ClN3O2S/c1-12-3-4-14(11-15(12)19)20-18(24)22-8-6-21(7-9-22)17(23)16-13(2)5-10-25-16/h3-5,10-11H,6-9H2,1-2H3,(H,20,24). The Morgan fingerprint density at radius 2 is 1.72 bits per heavy atom. The van der Waals surface area contributed by atoms with Gasteiger partial charge in [0.2, 0.25) is 0 Å². The van der Waals surface area contributed by atoms with Crippen molar-refractivity contribution in [1.82, 2.24) is 9.80 Å². The average molecular weight is 378 g/mol. The SMILES string of the molecule is Cc1ccc(NC(=O)N2CCN(C(=O)c3sccc3C)CC2)cc1Cl. The fourth-order valence-electron chi connectivity index (χ4n) is 2.72. The second-order valence-corrected chi connectivity index (χ2v) is 7.43. The third kappa shape index (κ3) is 3.96. The Morgan fingerprint density at radius 3 is 2.32 bits per heavy atom. The van der Waals surface area contributed by atoms with Crippen LogP contribution in [0.3, 0.4) is 0 Å². The van der Waals surface area contributed by atoms with E-state index in [-0.39, 0.29) is 11.9 Å². The smallest absolute Gasteiger partial charge is 0.321 e. The van der Waals surface area contributed by atoms with E-state index in [0.717, 1.165) is 16.0 Å². The highest BCUT2D eigenvalue weighted by Crippen LogP contribution is 2.21. The van der Waals surface area contributed by atoms with E-state index in [1.165, 1.54) is 11.3 Å². The number of anilines is 1. The van der Waals surface area contributed by atoms with E-state index < -0.39 is 0 Å². The van der Waals surface area contributed by atoms with Crippen LogP contribution in [0.15, 0.2) is 29.6 Å². The van der Waals surface area contributed by atoms with Crippen LogP contribution in [-0.4, -0.2) is 47.9 Å². The highest BCUT2D eigenvalue weighted by atomic mass is 35.5. The predicted octanol–water partition coefficient (Wildman–Crippen LogP) is 4.01. The molecule has 132 valence electrons. The number of benzene rings is 1. The van der Waals surface area contributed by atoms with E-state index in [0.29, 0.717) is 36.9 Å². The molecule has 7 heteroatoms. The number of piperazine rings is 1. The summed E-state index contributed by atoms with van der Waals surface area (Å²) in [6.45, 7) is 5.97. The third-order valence-electron chi connectivity index (χ3n) is 4.33. The number of urea groups is 1. The van der Waals surface area contributed by atoms with Crippen molar-refractivity contribution < 1.29 is 9.59 Å². The van der Waals surface area contributed by atoms with Crippen molar-refractivity contribution in [3.63, 3.8) is 0 Å². The maximum Gasteiger partial charge on any atom is 0.321 e. The first kappa shape index (κ1) is 17.8. The molecule has 0 saturated carbocycles. The normalized spacial score (nSPS) is 14.5. The summed E-state index contributed by atoms with van der Waals surface area (Å²) in [6.07, 6.45) is 0. The van der Waals surface area contributed by atoms with Gasteiger partial charge in [0, 0.05) is 36.9 Å². The number of amides is 3. The molecule has 0 radical (unpaired) electrons. The Morgan fingerprint density at radius 1 is 1.04 bits per heavy atom. The molecule has 25 heavy (non-hydrogen) atoms. The Bertz CT molecular complexity index is 797. The molecule has 2 heterocycles. The first-order chi connectivity index (χ1) is 12.0. The molecule has 1 aliphatic heterocycles. The lowest BCUT2D eigenvalue weighted by molar-refractivity contribution is 0.0676. The fraction of sp³-hybridized carbons (Fsp3) is 0.333. The minimum atomic E-state index is -0.167. The van der Waals surface area contributed by atoms with Gasteiger partial charge in [0.1, 0.15) is 0 Å². The quantitative estimate of drug-likeness (QED) is 0.859. The van der Waals surface area contributed by atoms with Gasteiger partial charge in [-0.25, -0.2) is 4.79 Å². The van der Waals surface area contributed by atoms with Crippen molar-refractivity contribution in [3.05, 3.63) is 50.7 Å². The monoisotopic (exact) mass is 377 g/mol. The van der Waals surface area contributed by atoms with Gasteiger partial charge in [-0.1, -0.05) is 17.7 Å². The number of carbonyl (C=O) groups is 2. The molecule has 1 aromatic carbocycles. The molecule has 5 nitrogen and oxygen atoms in total. The number of nitrogens with zero attached hydrogens (tertiary/aromatic N) is 2. The van der Waals surface area contributed by atoms with Gasteiger partial charge in [-0.05, 0) is 48.6 Å². The first-order valence-corrected chi connectivity index (χ1v) is 9.37. The van der Waals surface area contributed by atoms with Crippen LogP contribution < -0.4 is 5.32 Å². The molecule has 0 atom stereocenters. The summed E-state index contributed by atoms with van der Waals surface area (Å²) < 4.78 is 0. The molecule has 1 aliphatic rings. The Hall–Kier alpha value is -2.05. The van der Waals surface area contributed by atoms with Crippen molar-refractivity contribution in [2.45, 2.75) is 13.8 Å². The summed E-state index contributed by atoms with van der Waals surface area (Å²) in [4.78, 5) is 29.2. The van der Waals surface area contributed by atoms with Gasteiger partial charge in [0.05, 0.1) is 4.88 Å². The van der Waals surface area contributed by atoms with Gasteiger partial charge in [0.25, 0.3) is 5.91 Å². The summed E-state index contributed by atoms with van der Waals surface area (Å²) in [7, 11) is 0. The molecular formula is C18H20ClN3O2S. The number of hydrogen-bond acceptors (Lipinski definition) is 3. The third-order valence-corrected chi connectivity index (χ3v) is 5.75. The van der Waals surface area contributed by atoms with Gasteiger partial charge < -0.3 is 15.1 Å². The Labute approximate surface area is 156 Å². The Kier molecular flexibility index (Phi) is 5.30. The molecule has 2 aromatic rings. The van der Waals surface area contributed by atoms with Crippen LogP contribution in [0.1, 0.15) is 20.8 Å². The minimum Gasteiger partial charge on any atom is -0.334 e. The maximum absolute atomic E-state index is 12.5. The first-order valence-electron chi connectivity index (χ1n) is 8.11. The van der Waals surface area contributed by atoms with E-state index in [9.17, 15) is 9.59 Å². The molecule has 1 N–H and O–H groups in total. The van der Waals surface area contributed by atoms with E-state index in [1.54, 1.807) is 11.0 Å². The Balaban J connectivity index is 1.56. The lowest BCUT2D eigenvalue weighted by atomic mass is 10.2. The number of thiophene rings is 1. The number of hydrogen-bond donors (Lipinski definition) is 1. The second-order valence-electron chi connectivity index (χ2n) is 6.11. The summed E-state index contributed by atoms with van der Waals surface area (Å²) in [5, 5.41) is 5.42. The predicted molar refractivity (Wildman–Crippen MR) is 102 cm³/mol. The minimum absolute atomic E-state index is 0.0536. The van der Waals surface area contributed by atoms with Crippen LogP contribution in [0.25, 0.3) is 0 Å². The zero-order valence-corrected chi connectivity index (χ0v) is 15.8. The van der Waals surface area contributed by atoms with Crippen molar-refractivity contribution >= 4 is 40.6 Å².